The van der Waals surface area contributed by atoms with Gasteiger partial charge in [-0.25, -0.2) is 9.78 Å². The molecule has 0 amide bonds. The highest BCUT2D eigenvalue weighted by Crippen LogP contribution is 2.42. The molecular formula is C30H42N4O5. The number of fused-ring (bicyclic) bond motifs is 3. The first kappa shape index (κ1) is 27.8. The van der Waals surface area contributed by atoms with Gasteiger partial charge in [-0.3, -0.25) is 9.69 Å². The molecule has 1 unspecified atom stereocenters. The number of aromatic nitrogens is 2. The standard InChI is InChI=1S/C30H42N4O5/c1-3-22-19-23(12-13-33(22)24-17-20-8-4-5-9-21(16-20)18-24)34-26-11-7-6-10-25(26)31-27(29(34)35)28(30(36)37)32-39-15-14-38-2/h6-7,10-11,20-24H,3-5,8-9,12-19H2,1-2H3,(H,36,37)/b32-28-/t20-,21+,22-,23-,24?/m1/s1. The topological polar surface area (TPSA) is 106 Å². The highest BCUT2D eigenvalue weighted by molar-refractivity contribution is 6.41. The second kappa shape index (κ2) is 12.6. The van der Waals surface area contributed by atoms with Crippen LogP contribution in [0.3, 0.4) is 0 Å². The average molecular weight is 539 g/mol. The molecule has 2 heterocycles. The molecule has 0 spiro atoms. The lowest BCUT2D eigenvalue weighted by Gasteiger charge is -2.48. The van der Waals surface area contributed by atoms with Crippen molar-refractivity contribution < 1.29 is 19.5 Å². The molecule has 1 N–H and O–H groups in total. The minimum Gasteiger partial charge on any atom is -0.476 e. The molecule has 3 fully saturated rings. The van der Waals surface area contributed by atoms with Gasteiger partial charge in [-0.15, -0.1) is 0 Å². The fourth-order valence-corrected chi connectivity index (χ4v) is 7.39. The summed E-state index contributed by atoms with van der Waals surface area (Å²) < 4.78 is 6.73. The number of para-hydroxylation sites is 2. The number of aliphatic carboxylic acids is 1. The Labute approximate surface area is 230 Å². The molecule has 3 aliphatic rings. The maximum Gasteiger partial charge on any atom is 0.360 e. The van der Waals surface area contributed by atoms with Gasteiger partial charge in [0.05, 0.1) is 17.6 Å². The lowest BCUT2D eigenvalue weighted by Crippen LogP contribution is -2.51. The molecule has 5 rings (SSSR count). The number of piperidine rings is 1. The van der Waals surface area contributed by atoms with Gasteiger partial charge in [0.25, 0.3) is 5.56 Å². The van der Waals surface area contributed by atoms with Crippen LogP contribution in [-0.4, -0.2) is 70.2 Å². The van der Waals surface area contributed by atoms with E-state index in [1.165, 1.54) is 52.1 Å². The molecule has 1 aromatic carbocycles. The Balaban J connectivity index is 1.45. The number of benzene rings is 1. The highest BCUT2D eigenvalue weighted by Gasteiger charge is 2.39. The van der Waals surface area contributed by atoms with Crippen LogP contribution in [0.1, 0.15) is 82.9 Å². The van der Waals surface area contributed by atoms with E-state index in [0.717, 1.165) is 43.2 Å². The van der Waals surface area contributed by atoms with Gasteiger partial charge in [0, 0.05) is 31.8 Å². The van der Waals surface area contributed by atoms with Crippen LogP contribution in [0.15, 0.2) is 34.2 Å². The Morgan fingerprint density at radius 2 is 1.79 bits per heavy atom. The Bertz CT molecular complexity index is 1230. The largest absolute Gasteiger partial charge is 0.476 e. The van der Waals surface area contributed by atoms with E-state index in [4.69, 9.17) is 9.57 Å². The van der Waals surface area contributed by atoms with Crippen molar-refractivity contribution in [1.82, 2.24) is 14.5 Å². The number of rotatable bonds is 9. The third-order valence-corrected chi connectivity index (χ3v) is 9.15. The predicted molar refractivity (Wildman–Crippen MR) is 150 cm³/mol. The molecule has 212 valence electrons. The number of ether oxygens (including phenoxy) is 1. The number of carboxylic acids is 1. The summed E-state index contributed by atoms with van der Waals surface area (Å²) in [6.45, 7) is 3.53. The number of carbonyl (C=O) groups is 1. The minimum absolute atomic E-state index is 0.0410. The summed E-state index contributed by atoms with van der Waals surface area (Å²) in [5.74, 6) is 0.375. The molecule has 1 saturated heterocycles. The van der Waals surface area contributed by atoms with Gasteiger partial charge >= 0.3 is 5.97 Å². The van der Waals surface area contributed by atoms with Gasteiger partial charge in [0.15, 0.2) is 5.69 Å². The van der Waals surface area contributed by atoms with E-state index in [-0.39, 0.29) is 24.9 Å². The van der Waals surface area contributed by atoms with Crippen LogP contribution < -0.4 is 5.56 Å². The highest BCUT2D eigenvalue weighted by atomic mass is 16.6. The quantitative estimate of drug-likeness (QED) is 0.282. The van der Waals surface area contributed by atoms with Crippen LogP contribution in [0.2, 0.25) is 0 Å². The Kier molecular flexibility index (Phi) is 8.97. The molecule has 9 nitrogen and oxygen atoms in total. The molecule has 9 heteroatoms. The first-order valence-electron chi connectivity index (χ1n) is 14.7. The number of methoxy groups -OCH3 is 1. The molecule has 1 aliphatic heterocycles. The summed E-state index contributed by atoms with van der Waals surface area (Å²) in [7, 11) is 1.52. The first-order valence-corrected chi connectivity index (χ1v) is 14.7. The molecule has 2 aliphatic carbocycles. The lowest BCUT2D eigenvalue weighted by molar-refractivity contribution is -0.129. The fourth-order valence-electron chi connectivity index (χ4n) is 7.39. The van der Waals surface area contributed by atoms with Crippen molar-refractivity contribution in [3.63, 3.8) is 0 Å². The van der Waals surface area contributed by atoms with E-state index in [2.05, 4.69) is 22.0 Å². The third kappa shape index (κ3) is 6.04. The zero-order valence-corrected chi connectivity index (χ0v) is 23.3. The van der Waals surface area contributed by atoms with Crippen molar-refractivity contribution in [3.05, 3.63) is 40.3 Å². The van der Waals surface area contributed by atoms with Crippen LogP contribution in [0.25, 0.3) is 11.0 Å². The van der Waals surface area contributed by atoms with E-state index in [1.54, 1.807) is 4.57 Å². The van der Waals surface area contributed by atoms with E-state index in [9.17, 15) is 14.7 Å². The van der Waals surface area contributed by atoms with Crippen molar-refractivity contribution in [1.29, 1.82) is 0 Å². The second-order valence-electron chi connectivity index (χ2n) is 11.6. The van der Waals surface area contributed by atoms with Gasteiger partial charge in [-0.2, -0.15) is 0 Å². The van der Waals surface area contributed by atoms with Crippen LogP contribution >= 0.6 is 0 Å². The number of hydrogen-bond donors (Lipinski definition) is 1. The van der Waals surface area contributed by atoms with E-state index >= 15 is 0 Å². The number of hydrogen-bond acceptors (Lipinski definition) is 7. The number of likely N-dealkylation sites (tertiary alicyclic amines) is 1. The molecule has 5 atom stereocenters. The van der Waals surface area contributed by atoms with Crippen LogP contribution in [0, 0.1) is 11.8 Å². The summed E-state index contributed by atoms with van der Waals surface area (Å²) in [4.78, 5) is 38.4. The zero-order valence-electron chi connectivity index (χ0n) is 23.3. The van der Waals surface area contributed by atoms with Gasteiger partial charge < -0.3 is 19.2 Å². The van der Waals surface area contributed by atoms with E-state index in [1.807, 2.05) is 24.3 Å². The zero-order chi connectivity index (χ0) is 27.4. The minimum atomic E-state index is -1.35. The van der Waals surface area contributed by atoms with Crippen molar-refractivity contribution in [2.24, 2.45) is 17.0 Å². The molecule has 2 aromatic rings. The molecule has 2 bridgehead atoms. The molecule has 0 radical (unpaired) electrons. The first-order chi connectivity index (χ1) is 19.0. The maximum atomic E-state index is 13.9. The van der Waals surface area contributed by atoms with Gasteiger partial charge in [0.1, 0.15) is 6.61 Å². The third-order valence-electron chi connectivity index (χ3n) is 9.15. The molecule has 2 saturated carbocycles. The summed E-state index contributed by atoms with van der Waals surface area (Å²) in [6.07, 6.45) is 12.3. The Morgan fingerprint density at radius 1 is 1.05 bits per heavy atom. The fraction of sp³-hybridized carbons (Fsp3) is 0.667. The Hall–Kier alpha value is -2.78. The molecular weight excluding hydrogens is 496 g/mol. The Morgan fingerprint density at radius 3 is 2.49 bits per heavy atom. The maximum absolute atomic E-state index is 13.9. The van der Waals surface area contributed by atoms with E-state index in [0.29, 0.717) is 17.6 Å². The van der Waals surface area contributed by atoms with Crippen molar-refractivity contribution in [2.75, 3.05) is 26.9 Å². The van der Waals surface area contributed by atoms with E-state index < -0.39 is 17.2 Å². The summed E-state index contributed by atoms with van der Waals surface area (Å²) in [5, 5.41) is 13.7. The molecule has 1 aromatic heterocycles. The smallest absolute Gasteiger partial charge is 0.360 e. The number of oxime groups is 1. The van der Waals surface area contributed by atoms with Gasteiger partial charge in [-0.1, -0.05) is 49.9 Å². The number of carboxylic acid groups (broad SMARTS) is 1. The SMILES string of the molecule is CC[C@@H]1C[C@H](n2c(=O)c(/C(=N/OCCOC)C(=O)O)nc3ccccc32)CCN1C1C[C@H]2CCCC[C@@H](C1)C2. The van der Waals surface area contributed by atoms with Crippen molar-refractivity contribution in [3.8, 4) is 0 Å². The summed E-state index contributed by atoms with van der Waals surface area (Å²) in [6, 6.07) is 8.45. The van der Waals surface area contributed by atoms with Crippen LogP contribution in [0.5, 0.6) is 0 Å². The normalized spacial score (nSPS) is 28.3. The average Bonchev–Trinajstić information content (AvgIpc) is 3.11. The lowest BCUT2D eigenvalue weighted by atomic mass is 9.76. The van der Waals surface area contributed by atoms with Gasteiger partial charge in [0.2, 0.25) is 5.71 Å². The monoisotopic (exact) mass is 538 g/mol. The second-order valence-corrected chi connectivity index (χ2v) is 11.6. The van der Waals surface area contributed by atoms with Crippen molar-refractivity contribution in [2.45, 2.75) is 89.3 Å². The van der Waals surface area contributed by atoms with Crippen molar-refractivity contribution >= 4 is 22.7 Å². The summed E-state index contributed by atoms with van der Waals surface area (Å²) >= 11 is 0. The predicted octanol–water partition coefficient (Wildman–Crippen LogP) is 4.62. The van der Waals surface area contributed by atoms with Gasteiger partial charge in [-0.05, 0) is 62.5 Å². The van der Waals surface area contributed by atoms with Crippen LogP contribution in [-0.2, 0) is 14.4 Å². The number of nitrogens with zero attached hydrogens (tertiary/aromatic N) is 4. The van der Waals surface area contributed by atoms with Crippen LogP contribution in [0.4, 0.5) is 0 Å². The molecule has 39 heavy (non-hydrogen) atoms. The summed E-state index contributed by atoms with van der Waals surface area (Å²) in [5.41, 5.74) is 0.204.